The number of thiocarbonyl (C=S) groups is 1. The van der Waals surface area contributed by atoms with Crippen LogP contribution >= 0.6 is 12.2 Å². The van der Waals surface area contributed by atoms with Crippen molar-refractivity contribution >= 4 is 22.9 Å². The number of hydrogen-bond acceptors (Lipinski definition) is 4. The number of anilines is 1. The Morgan fingerprint density at radius 1 is 1.50 bits per heavy atom. The maximum atomic E-state index is 5.71. The fraction of sp³-hybridized carbons (Fsp3) is 0.250. The zero-order chi connectivity index (χ0) is 13.1. The second-order valence-corrected chi connectivity index (χ2v) is 4.58. The van der Waals surface area contributed by atoms with Crippen molar-refractivity contribution in [2.45, 2.75) is 6.54 Å². The summed E-state index contributed by atoms with van der Waals surface area (Å²) >= 11 is 5.04. The minimum atomic E-state index is 0.380. The number of hydrogen-bond donors (Lipinski definition) is 1. The van der Waals surface area contributed by atoms with Gasteiger partial charge in [-0.25, -0.2) is 0 Å². The highest BCUT2D eigenvalue weighted by atomic mass is 32.1. The Kier molecular flexibility index (Phi) is 3.57. The summed E-state index contributed by atoms with van der Waals surface area (Å²) in [7, 11) is 3.87. The zero-order valence-electron chi connectivity index (χ0n) is 10.4. The van der Waals surface area contributed by atoms with Crippen molar-refractivity contribution in [3.05, 3.63) is 42.0 Å². The average molecular weight is 261 g/mol. The first-order valence-electron chi connectivity index (χ1n) is 5.50. The molecule has 0 spiro atoms. The second-order valence-electron chi connectivity index (χ2n) is 4.14. The van der Waals surface area contributed by atoms with Gasteiger partial charge in [0, 0.05) is 44.2 Å². The van der Waals surface area contributed by atoms with Crippen molar-refractivity contribution < 1.29 is 0 Å². The third-order valence-corrected chi connectivity index (χ3v) is 2.87. The van der Waals surface area contributed by atoms with Crippen LogP contribution in [0.3, 0.4) is 0 Å². The Hall–Kier alpha value is -1.95. The van der Waals surface area contributed by atoms with E-state index in [-0.39, 0.29) is 0 Å². The minimum Gasteiger partial charge on any atom is -0.389 e. The lowest BCUT2D eigenvalue weighted by Crippen LogP contribution is -2.21. The standard InChI is InChI=1S/C12H15N5S/c1-16(7-9-5-15-17(2)8-9)11-6-14-4-3-10(11)12(13)18/h3-6,8H,7H2,1-2H3,(H2,13,18). The monoisotopic (exact) mass is 261 g/mol. The minimum absolute atomic E-state index is 0.380. The molecule has 0 aliphatic heterocycles. The van der Waals surface area contributed by atoms with Gasteiger partial charge in [0.05, 0.1) is 18.1 Å². The van der Waals surface area contributed by atoms with Gasteiger partial charge in [-0.3, -0.25) is 9.67 Å². The summed E-state index contributed by atoms with van der Waals surface area (Å²) in [6.45, 7) is 0.731. The predicted molar refractivity (Wildman–Crippen MR) is 75.4 cm³/mol. The summed E-state index contributed by atoms with van der Waals surface area (Å²) in [6.07, 6.45) is 7.28. The van der Waals surface area contributed by atoms with Gasteiger partial charge < -0.3 is 10.6 Å². The van der Waals surface area contributed by atoms with Gasteiger partial charge in [-0.2, -0.15) is 5.10 Å². The Morgan fingerprint density at radius 3 is 2.89 bits per heavy atom. The molecule has 5 nitrogen and oxygen atoms in total. The van der Waals surface area contributed by atoms with Gasteiger partial charge in [-0.05, 0) is 6.07 Å². The van der Waals surface area contributed by atoms with Crippen LogP contribution in [0.2, 0.25) is 0 Å². The molecule has 2 heterocycles. The lowest BCUT2D eigenvalue weighted by Gasteiger charge is -2.20. The number of nitrogens with zero attached hydrogens (tertiary/aromatic N) is 4. The highest BCUT2D eigenvalue weighted by Crippen LogP contribution is 2.19. The molecule has 94 valence electrons. The second kappa shape index (κ2) is 5.14. The van der Waals surface area contributed by atoms with Crippen molar-refractivity contribution in [2.24, 2.45) is 12.8 Å². The van der Waals surface area contributed by atoms with Gasteiger partial charge >= 0.3 is 0 Å². The molecule has 0 radical (unpaired) electrons. The summed E-state index contributed by atoms with van der Waals surface area (Å²) in [5.74, 6) is 0. The molecular formula is C12H15N5S. The SMILES string of the molecule is CN(Cc1cnn(C)c1)c1cnccc1C(N)=S. The average Bonchev–Trinajstić information content (AvgIpc) is 2.74. The van der Waals surface area contributed by atoms with E-state index >= 15 is 0 Å². The summed E-state index contributed by atoms with van der Waals surface area (Å²) in [4.78, 5) is 6.55. The maximum absolute atomic E-state index is 5.71. The third-order valence-electron chi connectivity index (χ3n) is 2.65. The highest BCUT2D eigenvalue weighted by molar-refractivity contribution is 7.80. The maximum Gasteiger partial charge on any atom is 0.106 e. The molecule has 0 bridgehead atoms. The van der Waals surface area contributed by atoms with Crippen LogP contribution in [0.15, 0.2) is 30.9 Å². The highest BCUT2D eigenvalue weighted by Gasteiger charge is 2.10. The number of aryl methyl sites for hydroxylation is 1. The Balaban J connectivity index is 2.23. The number of nitrogens with two attached hydrogens (primary N) is 1. The Labute approximate surface area is 111 Å². The van der Waals surface area contributed by atoms with E-state index in [2.05, 4.69) is 15.0 Å². The Morgan fingerprint density at radius 2 is 2.28 bits per heavy atom. The summed E-state index contributed by atoms with van der Waals surface area (Å²) in [6, 6.07) is 1.83. The van der Waals surface area contributed by atoms with Crippen LogP contribution in [0.5, 0.6) is 0 Å². The molecule has 0 fully saturated rings. The van der Waals surface area contributed by atoms with Crippen LogP contribution in [0.25, 0.3) is 0 Å². The first-order valence-corrected chi connectivity index (χ1v) is 5.91. The van der Waals surface area contributed by atoms with E-state index in [1.807, 2.05) is 32.6 Å². The summed E-state index contributed by atoms with van der Waals surface area (Å²) in [5, 5.41) is 4.14. The van der Waals surface area contributed by atoms with E-state index < -0.39 is 0 Å². The fourth-order valence-corrected chi connectivity index (χ4v) is 1.98. The van der Waals surface area contributed by atoms with E-state index in [0.29, 0.717) is 4.99 Å². The quantitative estimate of drug-likeness (QED) is 0.835. The van der Waals surface area contributed by atoms with Crippen molar-refractivity contribution in [3.63, 3.8) is 0 Å². The van der Waals surface area contributed by atoms with Crippen LogP contribution in [0, 0.1) is 0 Å². The van der Waals surface area contributed by atoms with Gasteiger partial charge in [0.2, 0.25) is 0 Å². The van der Waals surface area contributed by atoms with E-state index in [1.165, 1.54) is 0 Å². The van der Waals surface area contributed by atoms with Crippen molar-refractivity contribution in [1.29, 1.82) is 0 Å². The van der Waals surface area contributed by atoms with Crippen molar-refractivity contribution in [2.75, 3.05) is 11.9 Å². The first-order chi connectivity index (χ1) is 8.58. The molecule has 6 heteroatoms. The predicted octanol–water partition coefficient (Wildman–Crippen LogP) is 1.09. The van der Waals surface area contributed by atoms with Crippen LogP contribution < -0.4 is 10.6 Å². The van der Waals surface area contributed by atoms with Gasteiger partial charge in [0.1, 0.15) is 4.99 Å². The molecule has 0 unspecified atom stereocenters. The molecule has 0 aliphatic carbocycles. The number of pyridine rings is 1. The van der Waals surface area contributed by atoms with Crippen LogP contribution in [0.4, 0.5) is 5.69 Å². The number of aromatic nitrogens is 3. The van der Waals surface area contributed by atoms with Gasteiger partial charge in [-0.15, -0.1) is 0 Å². The molecule has 2 aromatic rings. The molecule has 0 amide bonds. The van der Waals surface area contributed by atoms with Gasteiger partial charge in [-0.1, -0.05) is 12.2 Å². The lowest BCUT2D eigenvalue weighted by molar-refractivity contribution is 0.766. The first kappa shape index (κ1) is 12.5. The zero-order valence-corrected chi connectivity index (χ0v) is 11.2. The topological polar surface area (TPSA) is 60.0 Å². The van der Waals surface area contributed by atoms with E-state index in [0.717, 1.165) is 23.4 Å². The molecule has 0 saturated heterocycles. The molecule has 0 aromatic carbocycles. The van der Waals surface area contributed by atoms with Crippen LogP contribution in [-0.2, 0) is 13.6 Å². The van der Waals surface area contributed by atoms with E-state index in [4.69, 9.17) is 18.0 Å². The largest absolute Gasteiger partial charge is 0.389 e. The third kappa shape index (κ3) is 2.65. The molecular weight excluding hydrogens is 246 g/mol. The Bertz CT molecular complexity index is 563. The van der Waals surface area contributed by atoms with Crippen molar-refractivity contribution in [1.82, 2.24) is 14.8 Å². The van der Waals surface area contributed by atoms with Crippen LogP contribution in [0.1, 0.15) is 11.1 Å². The fourth-order valence-electron chi connectivity index (χ4n) is 1.81. The smallest absolute Gasteiger partial charge is 0.106 e. The summed E-state index contributed by atoms with van der Waals surface area (Å²) in [5.41, 5.74) is 8.60. The van der Waals surface area contributed by atoms with E-state index in [9.17, 15) is 0 Å². The molecule has 0 saturated carbocycles. The molecule has 0 aliphatic rings. The van der Waals surface area contributed by atoms with Gasteiger partial charge in [0.25, 0.3) is 0 Å². The van der Waals surface area contributed by atoms with Gasteiger partial charge in [0.15, 0.2) is 0 Å². The van der Waals surface area contributed by atoms with Crippen LogP contribution in [-0.4, -0.2) is 26.8 Å². The van der Waals surface area contributed by atoms with E-state index in [1.54, 1.807) is 17.1 Å². The van der Waals surface area contributed by atoms with Crippen molar-refractivity contribution in [3.8, 4) is 0 Å². The number of rotatable bonds is 4. The molecule has 2 N–H and O–H groups in total. The normalized spacial score (nSPS) is 10.3. The molecule has 0 atom stereocenters. The lowest BCUT2D eigenvalue weighted by atomic mass is 10.2. The molecule has 18 heavy (non-hydrogen) atoms. The summed E-state index contributed by atoms with van der Waals surface area (Å²) < 4.78 is 1.78. The molecule has 2 rings (SSSR count). The molecule has 2 aromatic heterocycles.